The number of esters is 1. The number of carbonyl (C=O) groups excluding carboxylic acids is 1. The highest BCUT2D eigenvalue weighted by atomic mass is 35.7. The Morgan fingerprint density at radius 3 is 2.29 bits per heavy atom. The Morgan fingerprint density at radius 2 is 1.81 bits per heavy atom. The molecule has 0 saturated heterocycles. The van der Waals surface area contributed by atoms with E-state index in [-0.39, 0.29) is 18.0 Å². The summed E-state index contributed by atoms with van der Waals surface area (Å²) in [5.41, 5.74) is 0. The molecule has 0 aliphatic heterocycles. The van der Waals surface area contributed by atoms with Gasteiger partial charge in [-0.1, -0.05) is 32.0 Å². The lowest BCUT2D eigenvalue weighted by Gasteiger charge is -2.26. The van der Waals surface area contributed by atoms with Gasteiger partial charge in [0.15, 0.2) is 0 Å². The van der Waals surface area contributed by atoms with Crippen LogP contribution in [0.25, 0.3) is 0 Å². The fourth-order valence-corrected chi connectivity index (χ4v) is 3.92. The third kappa shape index (κ3) is 6.79. The molecule has 1 N–H and O–H groups in total. The molecule has 1 unspecified atom stereocenters. The molecule has 0 aromatic heterocycles. The van der Waals surface area contributed by atoms with E-state index in [1.165, 1.54) is 0 Å². The zero-order valence-corrected chi connectivity index (χ0v) is 15.0. The topological polar surface area (TPSA) is 47.6 Å². The lowest BCUT2D eigenvalue weighted by molar-refractivity contribution is -0.150. The Balaban J connectivity index is 2.77. The van der Waals surface area contributed by atoms with Crippen LogP contribution in [-0.2, 0) is 21.3 Å². The van der Waals surface area contributed by atoms with Crippen molar-refractivity contribution >= 4 is 34.8 Å². The van der Waals surface area contributed by atoms with E-state index in [0.29, 0.717) is 5.75 Å². The second-order valence-electron chi connectivity index (χ2n) is 5.22. The Kier molecular flexibility index (Phi) is 7.14. The minimum absolute atomic E-state index is 0.0169. The maximum Gasteiger partial charge on any atom is 0.324 e. The van der Waals surface area contributed by atoms with Crippen LogP contribution in [0.1, 0.15) is 27.7 Å². The van der Waals surface area contributed by atoms with Gasteiger partial charge >= 0.3 is 5.97 Å². The van der Waals surface area contributed by atoms with Crippen LogP contribution < -0.4 is 9.61 Å². The molecule has 0 fully saturated rings. The number of hydrogen-bond acceptors (Lipinski definition) is 4. The molecule has 7 heteroatoms. The van der Waals surface area contributed by atoms with Gasteiger partial charge in [-0.3, -0.25) is 4.79 Å². The highest BCUT2D eigenvalue weighted by Gasteiger charge is 2.30. The van der Waals surface area contributed by atoms with Gasteiger partial charge in [-0.2, -0.15) is 0 Å². The van der Waals surface area contributed by atoms with Crippen LogP contribution in [0.3, 0.4) is 0 Å². The summed E-state index contributed by atoms with van der Waals surface area (Å²) in [4.78, 5) is 12.1. The molecule has 118 valence electrons. The first-order valence-electron chi connectivity index (χ1n) is 6.74. The number of halogens is 1. The first-order chi connectivity index (χ1) is 9.71. The standard InChI is InChI=1S/C14H21ClNO3PS/c1-10(2)13(14(17)18-11(3)4)16-20(15,21)19-12-8-6-5-7-9-12/h5-11,13H,1-4H3,(H,16,21)/t13-,20?/m0/s1. The predicted molar refractivity (Wildman–Crippen MR) is 90.2 cm³/mol. The largest absolute Gasteiger partial charge is 0.462 e. The number of hydrogen-bond donors (Lipinski definition) is 1. The summed E-state index contributed by atoms with van der Waals surface area (Å²) in [6, 6.07) is 8.46. The second kappa shape index (κ2) is 8.14. The van der Waals surface area contributed by atoms with Gasteiger partial charge in [-0.15, -0.1) is 0 Å². The van der Waals surface area contributed by atoms with Crippen molar-refractivity contribution in [2.24, 2.45) is 5.92 Å². The van der Waals surface area contributed by atoms with Gasteiger partial charge in [0.2, 0.25) is 0 Å². The summed E-state index contributed by atoms with van der Waals surface area (Å²) < 4.78 is 10.8. The summed E-state index contributed by atoms with van der Waals surface area (Å²) in [5.74, 6) is -2.68. The summed E-state index contributed by atoms with van der Waals surface area (Å²) in [6.45, 7) is 7.39. The zero-order chi connectivity index (χ0) is 16.0. The number of rotatable bonds is 7. The van der Waals surface area contributed by atoms with Gasteiger partial charge in [0.25, 0.3) is 5.77 Å². The van der Waals surface area contributed by atoms with Crippen LogP contribution in [-0.4, -0.2) is 18.1 Å². The lowest BCUT2D eigenvalue weighted by atomic mass is 10.1. The molecule has 1 aromatic carbocycles. The number of nitrogens with one attached hydrogen (secondary N) is 1. The molecule has 2 atom stereocenters. The molecule has 0 bridgehead atoms. The van der Waals surface area contributed by atoms with E-state index in [1.54, 1.807) is 26.0 Å². The van der Waals surface area contributed by atoms with Gasteiger partial charge in [-0.25, -0.2) is 5.09 Å². The Hall–Kier alpha value is -0.610. The van der Waals surface area contributed by atoms with Crippen molar-refractivity contribution in [1.29, 1.82) is 0 Å². The maximum absolute atomic E-state index is 12.1. The molecule has 1 aromatic rings. The van der Waals surface area contributed by atoms with Crippen molar-refractivity contribution < 1.29 is 14.1 Å². The minimum Gasteiger partial charge on any atom is -0.462 e. The average Bonchev–Trinajstić information content (AvgIpc) is 2.35. The SMILES string of the molecule is CC(C)OC(=O)[C@@H](NP(=S)(Cl)Oc1ccccc1)C(C)C. The molecule has 0 saturated carbocycles. The van der Waals surface area contributed by atoms with E-state index in [2.05, 4.69) is 5.09 Å². The normalized spacial score (nSPS) is 15.6. The van der Waals surface area contributed by atoms with Gasteiger partial charge in [-0.05, 0) is 54.9 Å². The fraction of sp³-hybridized carbons (Fsp3) is 0.500. The molecule has 0 aliphatic carbocycles. The molecular formula is C14H21ClNO3PS. The van der Waals surface area contributed by atoms with Crippen molar-refractivity contribution in [3.8, 4) is 5.75 Å². The molecule has 0 radical (unpaired) electrons. The van der Waals surface area contributed by atoms with Gasteiger partial charge in [0.05, 0.1) is 6.10 Å². The second-order valence-corrected chi connectivity index (χ2v) is 10.2. The number of ether oxygens (including phenoxy) is 1. The summed E-state index contributed by atoms with van der Waals surface area (Å²) in [5, 5.41) is 2.94. The fourth-order valence-electron chi connectivity index (χ4n) is 1.59. The van der Waals surface area contributed by atoms with Crippen LogP contribution in [0.15, 0.2) is 30.3 Å². The average molecular weight is 350 g/mol. The first-order valence-corrected chi connectivity index (χ1v) is 10.4. The summed E-state index contributed by atoms with van der Waals surface area (Å²) in [6.07, 6.45) is -0.191. The third-order valence-electron chi connectivity index (χ3n) is 2.53. The van der Waals surface area contributed by atoms with Crippen molar-refractivity contribution in [3.63, 3.8) is 0 Å². The monoisotopic (exact) mass is 349 g/mol. The first kappa shape index (κ1) is 18.4. The molecule has 0 spiro atoms. The smallest absolute Gasteiger partial charge is 0.324 e. The van der Waals surface area contributed by atoms with Crippen LogP contribution in [0.4, 0.5) is 0 Å². The molecule has 1 rings (SSSR count). The van der Waals surface area contributed by atoms with E-state index in [0.717, 1.165) is 0 Å². The van der Waals surface area contributed by atoms with Crippen LogP contribution in [0.2, 0.25) is 0 Å². The van der Waals surface area contributed by atoms with Gasteiger partial charge < -0.3 is 9.26 Å². The molecule has 0 amide bonds. The predicted octanol–water partition coefficient (Wildman–Crippen LogP) is 4.09. The van der Waals surface area contributed by atoms with E-state index in [1.807, 2.05) is 32.0 Å². The molecule has 0 aliphatic rings. The Labute approximate surface area is 136 Å². The molecular weight excluding hydrogens is 329 g/mol. The Bertz CT molecular complexity index is 510. The number of para-hydroxylation sites is 1. The highest BCUT2D eigenvalue weighted by molar-refractivity contribution is 8.23. The van der Waals surface area contributed by atoms with Gasteiger partial charge in [0.1, 0.15) is 11.8 Å². The van der Waals surface area contributed by atoms with E-state index in [9.17, 15) is 4.79 Å². The summed E-state index contributed by atoms with van der Waals surface area (Å²) >= 11 is 11.6. The maximum atomic E-state index is 12.1. The lowest BCUT2D eigenvalue weighted by Crippen LogP contribution is -2.41. The number of carbonyl (C=O) groups is 1. The van der Waals surface area contributed by atoms with E-state index < -0.39 is 11.8 Å². The third-order valence-corrected chi connectivity index (χ3v) is 4.60. The van der Waals surface area contributed by atoms with Crippen molar-refractivity contribution in [2.45, 2.75) is 39.8 Å². The highest BCUT2D eigenvalue weighted by Crippen LogP contribution is 2.49. The number of benzene rings is 1. The Morgan fingerprint density at radius 1 is 1.24 bits per heavy atom. The van der Waals surface area contributed by atoms with Gasteiger partial charge in [0, 0.05) is 0 Å². The molecule has 0 heterocycles. The minimum atomic E-state index is -2.87. The van der Waals surface area contributed by atoms with Crippen molar-refractivity contribution in [3.05, 3.63) is 30.3 Å². The molecule has 4 nitrogen and oxygen atoms in total. The summed E-state index contributed by atoms with van der Waals surface area (Å²) in [7, 11) is 0. The van der Waals surface area contributed by atoms with E-state index in [4.69, 9.17) is 32.3 Å². The van der Waals surface area contributed by atoms with Crippen LogP contribution >= 0.6 is 17.0 Å². The van der Waals surface area contributed by atoms with Crippen LogP contribution in [0.5, 0.6) is 5.75 Å². The van der Waals surface area contributed by atoms with E-state index >= 15 is 0 Å². The zero-order valence-electron chi connectivity index (χ0n) is 12.6. The van der Waals surface area contributed by atoms with Crippen LogP contribution in [0, 0.1) is 5.92 Å². The molecule has 21 heavy (non-hydrogen) atoms. The quantitative estimate of drug-likeness (QED) is 0.593. The van der Waals surface area contributed by atoms with Crippen molar-refractivity contribution in [2.75, 3.05) is 0 Å². The van der Waals surface area contributed by atoms with Crippen molar-refractivity contribution in [1.82, 2.24) is 5.09 Å².